The fourth-order valence-corrected chi connectivity index (χ4v) is 1.46. The Balaban J connectivity index is 1.88. The van der Waals surface area contributed by atoms with Crippen molar-refractivity contribution >= 4 is 0 Å². The lowest BCUT2D eigenvalue weighted by Gasteiger charge is -2.04. The minimum Gasteiger partial charge on any atom is -0.290 e. The fourth-order valence-electron chi connectivity index (χ4n) is 1.46. The third-order valence-electron chi connectivity index (χ3n) is 2.43. The van der Waals surface area contributed by atoms with Crippen molar-refractivity contribution in [3.8, 4) is 12.0 Å². The summed E-state index contributed by atoms with van der Waals surface area (Å²) in [6.45, 7) is 4.11. The van der Waals surface area contributed by atoms with Crippen LogP contribution in [0.25, 0.3) is 0 Å². The molecule has 2 N–H and O–H groups in total. The third kappa shape index (κ3) is 3.71. The van der Waals surface area contributed by atoms with E-state index in [1.165, 1.54) is 11.1 Å². The summed E-state index contributed by atoms with van der Waals surface area (Å²) >= 11 is 0. The minimum absolute atomic E-state index is 1.04. The first-order valence-corrected chi connectivity index (χ1v) is 5.64. The normalized spacial score (nSPS) is 9.24. The van der Waals surface area contributed by atoms with Gasteiger partial charge in [-0.15, -0.1) is 17.7 Å². The van der Waals surface area contributed by atoms with Crippen LogP contribution in [0.5, 0.6) is 0 Å². The highest BCUT2D eigenvalue weighted by molar-refractivity contribution is 5.32. The molecule has 0 heterocycles. The smallest absolute Gasteiger partial charge is 0.133 e. The number of aryl methyl sites for hydroxylation is 1. The van der Waals surface area contributed by atoms with Crippen molar-refractivity contribution in [1.82, 2.24) is 0 Å². The van der Waals surface area contributed by atoms with Crippen LogP contribution in [0.1, 0.15) is 16.7 Å². The van der Waals surface area contributed by atoms with Gasteiger partial charge in [0.25, 0.3) is 0 Å². The standard InChI is InChI=1S/C16H15N/c1-14-7-9-16(10-8-14)13-17-12-11-15-5-3-2-4-6-15/h2-10,13H,17H2,1H3. The molecule has 2 aromatic rings. The van der Waals surface area contributed by atoms with Crippen LogP contribution < -0.4 is 5.32 Å². The molecule has 0 amide bonds. The summed E-state index contributed by atoms with van der Waals surface area (Å²) in [5, 5.41) is 1.89. The SMILES string of the molecule is Cc1ccc([CH-][NH2+]C#Cc2ccccc2)cc1. The molecule has 0 bridgehead atoms. The zero-order chi connectivity index (χ0) is 11.9. The molecule has 1 nitrogen and oxygen atoms in total. The summed E-state index contributed by atoms with van der Waals surface area (Å²) < 4.78 is 0. The molecule has 0 aromatic heterocycles. The average molecular weight is 221 g/mol. The van der Waals surface area contributed by atoms with Gasteiger partial charge in [-0.2, -0.15) is 12.1 Å². The number of rotatable bonds is 2. The van der Waals surface area contributed by atoms with Crippen molar-refractivity contribution in [3.05, 3.63) is 77.8 Å². The van der Waals surface area contributed by atoms with E-state index in [4.69, 9.17) is 0 Å². The van der Waals surface area contributed by atoms with E-state index in [-0.39, 0.29) is 0 Å². The Morgan fingerprint density at radius 3 is 2.35 bits per heavy atom. The van der Waals surface area contributed by atoms with Gasteiger partial charge < -0.3 is 0 Å². The summed E-state index contributed by atoms with van der Waals surface area (Å²) in [4.78, 5) is 0. The average Bonchev–Trinajstić information content (AvgIpc) is 2.38. The Morgan fingerprint density at radius 1 is 0.941 bits per heavy atom. The van der Waals surface area contributed by atoms with Gasteiger partial charge in [-0.1, -0.05) is 23.8 Å². The van der Waals surface area contributed by atoms with E-state index in [2.05, 4.69) is 43.2 Å². The van der Waals surface area contributed by atoms with Gasteiger partial charge in [0, 0.05) is 12.1 Å². The molecule has 1 heteroatoms. The largest absolute Gasteiger partial charge is 0.290 e. The second-order valence-corrected chi connectivity index (χ2v) is 3.88. The zero-order valence-electron chi connectivity index (χ0n) is 9.85. The monoisotopic (exact) mass is 221 g/mol. The van der Waals surface area contributed by atoms with E-state index in [1.54, 1.807) is 0 Å². The van der Waals surface area contributed by atoms with Crippen LogP contribution in [0.4, 0.5) is 0 Å². The number of hydrogen-bond donors (Lipinski definition) is 1. The van der Waals surface area contributed by atoms with E-state index in [0.29, 0.717) is 0 Å². The van der Waals surface area contributed by atoms with Crippen LogP contribution in [0.3, 0.4) is 0 Å². The second kappa shape index (κ2) is 5.79. The Labute approximate surface area is 102 Å². The maximum absolute atomic E-state index is 3.09. The lowest BCUT2D eigenvalue weighted by atomic mass is 10.1. The highest BCUT2D eigenvalue weighted by atomic mass is 14.8. The van der Waals surface area contributed by atoms with Gasteiger partial charge >= 0.3 is 0 Å². The fraction of sp³-hybridized carbons (Fsp3) is 0.0625. The summed E-state index contributed by atoms with van der Waals surface area (Å²) in [6.07, 6.45) is 0. The summed E-state index contributed by atoms with van der Waals surface area (Å²) in [5.41, 5.74) is 3.50. The molecule has 0 spiro atoms. The van der Waals surface area contributed by atoms with Gasteiger partial charge in [0.05, 0.1) is 0 Å². The maximum atomic E-state index is 3.09. The Bertz CT molecular complexity index is 515. The van der Waals surface area contributed by atoms with Crippen LogP contribution in [0, 0.1) is 25.4 Å². The first kappa shape index (κ1) is 11.3. The van der Waals surface area contributed by atoms with Crippen molar-refractivity contribution in [1.29, 1.82) is 0 Å². The van der Waals surface area contributed by atoms with Crippen LogP contribution in [0.15, 0.2) is 54.6 Å². The van der Waals surface area contributed by atoms with E-state index in [1.807, 2.05) is 42.2 Å². The van der Waals surface area contributed by atoms with Crippen LogP contribution in [-0.2, 0) is 0 Å². The second-order valence-electron chi connectivity index (χ2n) is 3.88. The lowest BCUT2D eigenvalue weighted by Crippen LogP contribution is -2.75. The van der Waals surface area contributed by atoms with Crippen molar-refractivity contribution in [3.63, 3.8) is 0 Å². The van der Waals surface area contributed by atoms with Crippen LogP contribution >= 0.6 is 0 Å². The van der Waals surface area contributed by atoms with Crippen molar-refractivity contribution in [2.75, 3.05) is 0 Å². The first-order valence-electron chi connectivity index (χ1n) is 5.64. The molecule has 84 valence electrons. The van der Waals surface area contributed by atoms with E-state index >= 15 is 0 Å². The Morgan fingerprint density at radius 2 is 1.65 bits per heavy atom. The molecular formula is C16H15N. The van der Waals surface area contributed by atoms with E-state index < -0.39 is 0 Å². The number of benzene rings is 2. The van der Waals surface area contributed by atoms with E-state index in [9.17, 15) is 0 Å². The molecule has 0 atom stereocenters. The Hall–Kier alpha value is -2.17. The topological polar surface area (TPSA) is 16.6 Å². The van der Waals surface area contributed by atoms with Crippen LogP contribution in [-0.4, -0.2) is 0 Å². The lowest BCUT2D eigenvalue weighted by molar-refractivity contribution is -0.518. The molecular weight excluding hydrogens is 206 g/mol. The summed E-state index contributed by atoms with van der Waals surface area (Å²) in [7, 11) is 0. The first-order chi connectivity index (χ1) is 8.34. The Kier molecular flexibility index (Phi) is 3.85. The molecule has 2 aromatic carbocycles. The number of quaternary nitrogens is 1. The molecule has 0 aliphatic heterocycles. The molecule has 17 heavy (non-hydrogen) atoms. The predicted octanol–water partition coefficient (Wildman–Crippen LogP) is 2.08. The molecule has 0 radical (unpaired) electrons. The molecule has 0 fully saturated rings. The van der Waals surface area contributed by atoms with Crippen molar-refractivity contribution in [2.24, 2.45) is 0 Å². The van der Waals surface area contributed by atoms with Gasteiger partial charge in [-0.3, -0.25) is 5.32 Å². The highest BCUT2D eigenvalue weighted by Crippen LogP contribution is 2.01. The summed E-state index contributed by atoms with van der Waals surface area (Å²) in [6, 6.07) is 21.4. The third-order valence-corrected chi connectivity index (χ3v) is 2.43. The maximum Gasteiger partial charge on any atom is 0.133 e. The summed E-state index contributed by atoms with van der Waals surface area (Å²) in [5.74, 6) is 3.09. The van der Waals surface area contributed by atoms with Crippen molar-refractivity contribution in [2.45, 2.75) is 6.92 Å². The minimum atomic E-state index is 1.04. The van der Waals surface area contributed by atoms with Gasteiger partial charge in [-0.25, -0.2) is 0 Å². The van der Waals surface area contributed by atoms with Crippen molar-refractivity contribution < 1.29 is 5.32 Å². The number of nitrogens with two attached hydrogens (primary N) is 1. The predicted molar refractivity (Wildman–Crippen MR) is 69.8 cm³/mol. The van der Waals surface area contributed by atoms with Gasteiger partial charge in [0.15, 0.2) is 0 Å². The molecule has 0 aliphatic rings. The molecule has 2 rings (SSSR count). The molecule has 0 saturated carbocycles. The van der Waals surface area contributed by atoms with E-state index in [0.717, 1.165) is 5.56 Å². The molecule has 0 saturated heterocycles. The molecule has 0 unspecified atom stereocenters. The molecule has 0 aliphatic carbocycles. The zero-order valence-corrected chi connectivity index (χ0v) is 9.85. The van der Waals surface area contributed by atoms with Crippen LogP contribution in [0.2, 0.25) is 0 Å². The number of hydrogen-bond acceptors (Lipinski definition) is 0. The van der Waals surface area contributed by atoms with Gasteiger partial charge in [0.2, 0.25) is 0 Å². The van der Waals surface area contributed by atoms with Gasteiger partial charge in [0.1, 0.15) is 6.04 Å². The quantitative estimate of drug-likeness (QED) is 0.590. The highest BCUT2D eigenvalue weighted by Gasteiger charge is 1.85. The van der Waals surface area contributed by atoms with Gasteiger partial charge in [-0.05, 0) is 25.0 Å².